The number of carbonyl (C=O) groups is 1. The molecule has 2 heterocycles. The van der Waals surface area contributed by atoms with Gasteiger partial charge in [0, 0.05) is 48.8 Å². The second-order valence-corrected chi connectivity index (χ2v) is 17.0. The zero-order chi connectivity index (χ0) is 27.8. The molecule has 205 valence electrons. The zero-order valence-electron chi connectivity index (χ0n) is 23.9. The van der Waals surface area contributed by atoms with Crippen LogP contribution < -0.4 is 5.19 Å². The van der Waals surface area contributed by atoms with Crippen LogP contribution in [0.15, 0.2) is 77.0 Å². The summed E-state index contributed by atoms with van der Waals surface area (Å²) in [6, 6.07) is 23.1. The molecular formula is C33H36IrNO3Si-. The maximum absolute atomic E-state index is 10.0. The van der Waals surface area contributed by atoms with Gasteiger partial charge in [-0.15, -0.1) is 29.1 Å². The quantitative estimate of drug-likeness (QED) is 0.0882. The molecule has 4 nitrogen and oxygen atoms in total. The summed E-state index contributed by atoms with van der Waals surface area (Å²) in [6.45, 7) is 16.7. The van der Waals surface area contributed by atoms with E-state index in [1.54, 1.807) is 0 Å². The summed E-state index contributed by atoms with van der Waals surface area (Å²) in [5.41, 5.74) is 4.92. The Balaban J connectivity index is 0.000000468. The molecule has 0 fully saturated rings. The van der Waals surface area contributed by atoms with Crippen LogP contribution in [0.2, 0.25) is 19.6 Å². The average molecular weight is 715 g/mol. The maximum atomic E-state index is 10.0. The number of allylic oxidation sites excluding steroid dienone is 2. The fourth-order valence-electron chi connectivity index (χ4n) is 4.63. The van der Waals surface area contributed by atoms with E-state index >= 15 is 0 Å². The van der Waals surface area contributed by atoms with Gasteiger partial charge in [0.1, 0.15) is 11.2 Å². The van der Waals surface area contributed by atoms with E-state index in [0.717, 1.165) is 33.2 Å². The number of ketones is 1. The Hall–Kier alpha value is -3.05. The Morgan fingerprint density at radius 2 is 1.67 bits per heavy atom. The predicted molar refractivity (Wildman–Crippen MR) is 162 cm³/mol. The number of benzene rings is 3. The molecule has 5 rings (SSSR count). The molecule has 3 aromatic carbocycles. The normalized spacial score (nSPS) is 12.3. The number of furan rings is 1. The molecule has 0 saturated carbocycles. The molecule has 1 N–H and O–H groups in total. The molecule has 39 heavy (non-hydrogen) atoms. The van der Waals surface area contributed by atoms with Gasteiger partial charge in [0.25, 0.3) is 0 Å². The Morgan fingerprint density at radius 1 is 0.974 bits per heavy atom. The second kappa shape index (κ2) is 11.6. The van der Waals surface area contributed by atoms with Gasteiger partial charge in [-0.1, -0.05) is 86.9 Å². The number of aliphatic hydroxyl groups is 1. The van der Waals surface area contributed by atoms with Crippen molar-refractivity contribution in [1.29, 1.82) is 0 Å². The molecule has 0 unspecified atom stereocenters. The standard InChI is InChI=1S/C28H28NOSi.C5H8O2.Ir/c1-28(2,3)24-16-19(15-18-9-7-8-10-21(18)24)26-27-22(13-14-29-26)23-17-20(31(4,5)6)11-12-25(23)30-27;1-4(6)3-5(2)7;/h7-14,16-17H,1-6H3;3,6H,1-2H3;/q-1;;/b;4-3-;. The Morgan fingerprint density at radius 3 is 2.26 bits per heavy atom. The van der Waals surface area contributed by atoms with E-state index in [0.29, 0.717) is 0 Å². The van der Waals surface area contributed by atoms with E-state index in [2.05, 4.69) is 101 Å². The van der Waals surface area contributed by atoms with Gasteiger partial charge in [-0.25, -0.2) is 0 Å². The number of aliphatic hydroxyl groups excluding tert-OH is 1. The van der Waals surface area contributed by atoms with Gasteiger partial charge in [-0.3, -0.25) is 9.78 Å². The fraction of sp³-hybridized carbons (Fsp3) is 0.273. The molecule has 0 aliphatic heterocycles. The van der Waals surface area contributed by atoms with Crippen LogP contribution in [0, 0.1) is 6.07 Å². The summed E-state index contributed by atoms with van der Waals surface area (Å²) in [5.74, 6) is -0.0625. The third-order valence-electron chi connectivity index (χ3n) is 6.50. The van der Waals surface area contributed by atoms with Gasteiger partial charge in [0.15, 0.2) is 5.78 Å². The van der Waals surface area contributed by atoms with E-state index in [1.807, 2.05) is 6.20 Å². The van der Waals surface area contributed by atoms with E-state index in [-0.39, 0.29) is 37.1 Å². The Kier molecular flexibility index (Phi) is 9.06. The van der Waals surface area contributed by atoms with Crippen molar-refractivity contribution in [3.63, 3.8) is 0 Å². The van der Waals surface area contributed by atoms with E-state index in [1.165, 1.54) is 41.4 Å². The third-order valence-corrected chi connectivity index (χ3v) is 8.55. The van der Waals surface area contributed by atoms with Crippen molar-refractivity contribution in [2.24, 2.45) is 0 Å². The zero-order valence-corrected chi connectivity index (χ0v) is 27.3. The number of hydrogen-bond acceptors (Lipinski definition) is 4. The van der Waals surface area contributed by atoms with Crippen LogP contribution in [0.1, 0.15) is 40.2 Å². The van der Waals surface area contributed by atoms with Crippen molar-refractivity contribution in [3.05, 3.63) is 84.3 Å². The predicted octanol–water partition coefficient (Wildman–Crippen LogP) is 8.48. The summed E-state index contributed by atoms with van der Waals surface area (Å²) < 4.78 is 6.38. The maximum Gasteiger partial charge on any atom is 0.155 e. The van der Waals surface area contributed by atoms with Gasteiger partial charge >= 0.3 is 0 Å². The molecule has 6 heteroatoms. The molecule has 0 saturated heterocycles. The van der Waals surface area contributed by atoms with E-state index < -0.39 is 8.07 Å². The summed E-state index contributed by atoms with van der Waals surface area (Å²) in [6.07, 6.45) is 3.06. The molecule has 2 aromatic heterocycles. The molecule has 0 bridgehead atoms. The van der Waals surface area contributed by atoms with Crippen molar-refractivity contribution >= 4 is 51.8 Å². The number of hydrogen-bond donors (Lipinski definition) is 1. The minimum Gasteiger partial charge on any atom is -0.512 e. The minimum atomic E-state index is -1.41. The first-order valence-electron chi connectivity index (χ1n) is 12.9. The Bertz CT molecular complexity index is 1680. The number of nitrogens with zero attached hydrogens (tertiary/aromatic N) is 1. The second-order valence-electron chi connectivity index (χ2n) is 11.9. The van der Waals surface area contributed by atoms with Gasteiger partial charge < -0.3 is 9.52 Å². The molecule has 5 aromatic rings. The van der Waals surface area contributed by atoms with Gasteiger partial charge in [0.05, 0.1) is 13.8 Å². The van der Waals surface area contributed by atoms with Crippen LogP contribution in [-0.2, 0) is 30.3 Å². The van der Waals surface area contributed by atoms with Crippen LogP contribution in [-0.4, -0.2) is 23.9 Å². The topological polar surface area (TPSA) is 63.3 Å². The minimum absolute atomic E-state index is 0. The molecular weight excluding hydrogens is 679 g/mol. The Labute approximate surface area is 245 Å². The van der Waals surface area contributed by atoms with Crippen LogP contribution in [0.4, 0.5) is 0 Å². The third kappa shape index (κ3) is 6.75. The largest absolute Gasteiger partial charge is 0.512 e. The molecule has 0 aliphatic rings. The van der Waals surface area contributed by atoms with Crippen LogP contribution >= 0.6 is 0 Å². The van der Waals surface area contributed by atoms with Crippen LogP contribution in [0.3, 0.4) is 0 Å². The van der Waals surface area contributed by atoms with E-state index in [4.69, 9.17) is 14.5 Å². The van der Waals surface area contributed by atoms with Crippen molar-refractivity contribution < 1.29 is 34.4 Å². The number of carbonyl (C=O) groups excluding carboxylic acids is 1. The smallest absolute Gasteiger partial charge is 0.155 e. The first-order valence-corrected chi connectivity index (χ1v) is 16.4. The molecule has 0 amide bonds. The first kappa shape index (κ1) is 30.5. The van der Waals surface area contributed by atoms with Crippen molar-refractivity contribution in [2.45, 2.75) is 59.7 Å². The SMILES string of the molecule is CC(=O)/C=C(/C)O.CC(C)(C)c1cc(-c2nccc3c2oc2ccc([Si](C)(C)C)cc23)[c-]c2ccccc12.[Ir]. The van der Waals surface area contributed by atoms with Crippen molar-refractivity contribution in [1.82, 2.24) is 4.98 Å². The molecule has 0 atom stereocenters. The van der Waals surface area contributed by atoms with Crippen LogP contribution in [0.25, 0.3) is 44.0 Å². The summed E-state index contributed by atoms with van der Waals surface area (Å²) in [7, 11) is -1.41. The number of pyridine rings is 1. The summed E-state index contributed by atoms with van der Waals surface area (Å²) in [4.78, 5) is 14.8. The van der Waals surface area contributed by atoms with Gasteiger partial charge in [0.2, 0.25) is 0 Å². The number of rotatable bonds is 3. The van der Waals surface area contributed by atoms with Gasteiger partial charge in [-0.05, 0) is 31.4 Å². The molecule has 0 spiro atoms. The summed E-state index contributed by atoms with van der Waals surface area (Å²) >= 11 is 0. The van der Waals surface area contributed by atoms with Gasteiger partial charge in [-0.2, -0.15) is 0 Å². The van der Waals surface area contributed by atoms with Crippen molar-refractivity contribution in [2.75, 3.05) is 0 Å². The fourth-order valence-corrected chi connectivity index (χ4v) is 5.79. The van der Waals surface area contributed by atoms with E-state index in [9.17, 15) is 4.79 Å². The molecule has 0 aliphatic carbocycles. The number of fused-ring (bicyclic) bond motifs is 4. The van der Waals surface area contributed by atoms with Crippen LogP contribution in [0.5, 0.6) is 0 Å². The van der Waals surface area contributed by atoms with Crippen molar-refractivity contribution in [3.8, 4) is 11.3 Å². The molecule has 1 radical (unpaired) electrons. The average Bonchev–Trinajstić information content (AvgIpc) is 3.20. The summed E-state index contributed by atoms with van der Waals surface area (Å²) in [5, 5.41) is 14.5. The first-order chi connectivity index (χ1) is 17.8. The monoisotopic (exact) mass is 715 g/mol. The number of aromatic nitrogens is 1.